The number of rotatable bonds is 8. The molecule has 7 heteroatoms. The molecule has 0 unspecified atom stereocenters. The second kappa shape index (κ2) is 10.3. The van der Waals surface area contributed by atoms with Gasteiger partial charge in [0.25, 0.3) is 0 Å². The van der Waals surface area contributed by atoms with Gasteiger partial charge in [-0.15, -0.1) is 0 Å². The Morgan fingerprint density at radius 1 is 1.10 bits per heavy atom. The van der Waals surface area contributed by atoms with Gasteiger partial charge in [0, 0.05) is 6.42 Å². The van der Waals surface area contributed by atoms with Crippen LogP contribution in [0.15, 0.2) is 59.6 Å². The molecule has 29 heavy (non-hydrogen) atoms. The zero-order valence-corrected chi connectivity index (χ0v) is 16.4. The van der Waals surface area contributed by atoms with Crippen molar-refractivity contribution in [1.29, 1.82) is 0 Å². The normalized spacial score (nSPS) is 15.8. The van der Waals surface area contributed by atoms with E-state index in [-0.39, 0.29) is 36.7 Å². The molecule has 0 bridgehead atoms. The lowest BCUT2D eigenvalue weighted by atomic mass is 10.0. The summed E-state index contributed by atoms with van der Waals surface area (Å²) < 4.78 is 11.0. The fraction of sp³-hybridized carbons (Fsp3) is 0.318. The molecule has 0 spiro atoms. The highest BCUT2D eigenvalue weighted by Gasteiger charge is 2.23. The van der Waals surface area contributed by atoms with E-state index in [0.29, 0.717) is 19.6 Å². The van der Waals surface area contributed by atoms with Gasteiger partial charge in [-0.1, -0.05) is 30.3 Å². The number of carbonyl (C=O) groups excluding carboxylic acids is 2. The van der Waals surface area contributed by atoms with Crippen molar-refractivity contribution < 1.29 is 19.1 Å². The van der Waals surface area contributed by atoms with Gasteiger partial charge in [-0.25, -0.2) is 4.99 Å². The minimum atomic E-state index is -0.337. The van der Waals surface area contributed by atoms with Gasteiger partial charge in [0.2, 0.25) is 17.8 Å². The molecule has 1 atom stereocenters. The second-order valence-corrected chi connectivity index (χ2v) is 6.56. The van der Waals surface area contributed by atoms with E-state index < -0.39 is 0 Å². The van der Waals surface area contributed by atoms with Crippen molar-refractivity contribution in [3.05, 3.63) is 60.2 Å². The molecule has 0 aliphatic carbocycles. The number of para-hydroxylation sites is 1. The third kappa shape index (κ3) is 6.34. The fourth-order valence-electron chi connectivity index (χ4n) is 2.94. The summed E-state index contributed by atoms with van der Waals surface area (Å²) in [6, 6.07) is 16.6. The summed E-state index contributed by atoms with van der Waals surface area (Å²) in [5, 5.41) is 5.30. The van der Waals surface area contributed by atoms with Crippen LogP contribution in [0.4, 0.5) is 0 Å². The van der Waals surface area contributed by atoms with Gasteiger partial charge in [-0.2, -0.15) is 0 Å². The first-order chi connectivity index (χ1) is 14.1. The van der Waals surface area contributed by atoms with E-state index in [4.69, 9.17) is 9.47 Å². The van der Waals surface area contributed by atoms with Crippen molar-refractivity contribution in [3.63, 3.8) is 0 Å². The van der Waals surface area contributed by atoms with Gasteiger partial charge >= 0.3 is 0 Å². The molecule has 7 nitrogen and oxygen atoms in total. The van der Waals surface area contributed by atoms with E-state index >= 15 is 0 Å². The predicted octanol–water partition coefficient (Wildman–Crippen LogP) is 2.98. The minimum absolute atomic E-state index is 0.179. The van der Waals surface area contributed by atoms with Crippen LogP contribution in [-0.4, -0.2) is 31.0 Å². The number of ether oxygens (including phenoxy) is 2. The van der Waals surface area contributed by atoms with E-state index in [1.54, 1.807) is 0 Å². The van der Waals surface area contributed by atoms with Crippen LogP contribution in [-0.2, 0) is 9.59 Å². The van der Waals surface area contributed by atoms with E-state index in [9.17, 15) is 9.59 Å². The van der Waals surface area contributed by atoms with Gasteiger partial charge in [0.05, 0.1) is 25.7 Å². The molecular formula is C22H25N3O4. The summed E-state index contributed by atoms with van der Waals surface area (Å²) in [4.78, 5) is 28.7. The molecule has 152 valence electrons. The lowest BCUT2D eigenvalue weighted by molar-refractivity contribution is -0.120. The predicted molar refractivity (Wildman–Crippen MR) is 110 cm³/mol. The first kappa shape index (κ1) is 20.4. The zero-order valence-electron chi connectivity index (χ0n) is 16.4. The number of hydrogen-bond donors (Lipinski definition) is 2. The Kier molecular flexibility index (Phi) is 7.22. The molecule has 0 fully saturated rings. The summed E-state index contributed by atoms with van der Waals surface area (Å²) in [6.07, 6.45) is 1.07. The Balaban J connectivity index is 1.50. The van der Waals surface area contributed by atoms with Crippen LogP contribution in [0.2, 0.25) is 0 Å². The van der Waals surface area contributed by atoms with Crippen LogP contribution in [0.3, 0.4) is 0 Å². The molecule has 2 aromatic rings. The Bertz CT molecular complexity index is 850. The summed E-state index contributed by atoms with van der Waals surface area (Å²) >= 11 is 0. The van der Waals surface area contributed by atoms with Crippen LogP contribution in [0.25, 0.3) is 0 Å². The van der Waals surface area contributed by atoms with E-state index in [2.05, 4.69) is 15.6 Å². The van der Waals surface area contributed by atoms with Crippen LogP contribution in [0.5, 0.6) is 11.5 Å². The number of benzene rings is 2. The number of nitrogens with zero attached hydrogens (tertiary/aromatic N) is 1. The molecule has 2 N–H and O–H groups in total. The second-order valence-electron chi connectivity index (χ2n) is 6.56. The van der Waals surface area contributed by atoms with E-state index in [1.807, 2.05) is 61.5 Å². The van der Waals surface area contributed by atoms with Crippen LogP contribution in [0.1, 0.15) is 37.8 Å². The molecule has 3 rings (SSSR count). The molecule has 2 aromatic carbocycles. The van der Waals surface area contributed by atoms with Crippen molar-refractivity contribution in [3.8, 4) is 11.5 Å². The number of carbonyl (C=O) groups is 2. The van der Waals surface area contributed by atoms with Gasteiger partial charge < -0.3 is 9.47 Å². The first-order valence-corrected chi connectivity index (χ1v) is 9.72. The highest BCUT2D eigenvalue weighted by molar-refractivity contribution is 6.06. The number of nitrogens with one attached hydrogen (secondary N) is 2. The number of aliphatic imine (C=N–C) groups is 1. The van der Waals surface area contributed by atoms with Crippen LogP contribution in [0, 0.1) is 0 Å². The molecule has 1 heterocycles. The van der Waals surface area contributed by atoms with Crippen molar-refractivity contribution in [2.24, 2.45) is 4.99 Å². The molecule has 2 amide bonds. The largest absolute Gasteiger partial charge is 0.494 e. The Morgan fingerprint density at radius 2 is 1.83 bits per heavy atom. The monoisotopic (exact) mass is 395 g/mol. The fourth-order valence-corrected chi connectivity index (χ4v) is 2.94. The number of hydrogen-bond acceptors (Lipinski definition) is 5. The van der Waals surface area contributed by atoms with Gasteiger partial charge in [-0.3, -0.25) is 20.2 Å². The highest BCUT2D eigenvalue weighted by Crippen LogP contribution is 2.25. The Labute approximate surface area is 170 Å². The molecule has 0 saturated heterocycles. The standard InChI is InChI=1S/C22H25N3O4/c1-2-28-18-12-10-16(11-13-18)19-15-21(27)25-22(23-19)24-20(26)9-6-14-29-17-7-4-3-5-8-17/h3-5,7-8,10-13,19H,2,6,9,14-15H2,1H3,(H2,23,24,25,26,27)/t19-/m1/s1. The van der Waals surface area contributed by atoms with Gasteiger partial charge in [-0.05, 0) is 43.2 Å². The van der Waals surface area contributed by atoms with Crippen molar-refractivity contribution in [2.45, 2.75) is 32.2 Å². The minimum Gasteiger partial charge on any atom is -0.494 e. The summed E-state index contributed by atoms with van der Waals surface area (Å²) in [5.41, 5.74) is 0.895. The first-order valence-electron chi connectivity index (χ1n) is 9.72. The lowest BCUT2D eigenvalue weighted by Gasteiger charge is -2.21. The lowest BCUT2D eigenvalue weighted by Crippen LogP contribution is -2.47. The van der Waals surface area contributed by atoms with E-state index in [0.717, 1.165) is 17.1 Å². The Hall–Kier alpha value is -3.35. The third-order valence-electron chi connectivity index (χ3n) is 4.32. The maximum atomic E-state index is 12.2. The summed E-state index contributed by atoms with van der Waals surface area (Å²) in [7, 11) is 0. The number of amides is 2. The smallest absolute Gasteiger partial charge is 0.229 e. The maximum Gasteiger partial charge on any atom is 0.229 e. The highest BCUT2D eigenvalue weighted by atomic mass is 16.5. The molecule has 0 saturated carbocycles. The molecule has 0 radical (unpaired) electrons. The van der Waals surface area contributed by atoms with Crippen LogP contribution < -0.4 is 20.1 Å². The van der Waals surface area contributed by atoms with Crippen LogP contribution >= 0.6 is 0 Å². The van der Waals surface area contributed by atoms with Gasteiger partial charge in [0.15, 0.2) is 0 Å². The topological polar surface area (TPSA) is 89.0 Å². The SMILES string of the molecule is CCOc1ccc([C@H]2CC(=O)NC(NC(=O)CCCOc3ccccc3)=N2)cc1. The summed E-state index contributed by atoms with van der Waals surface area (Å²) in [5.74, 6) is 1.34. The van der Waals surface area contributed by atoms with Crippen molar-refractivity contribution >= 4 is 17.8 Å². The van der Waals surface area contributed by atoms with Gasteiger partial charge in [0.1, 0.15) is 11.5 Å². The molecule has 0 aromatic heterocycles. The Morgan fingerprint density at radius 3 is 2.55 bits per heavy atom. The maximum absolute atomic E-state index is 12.2. The quantitative estimate of drug-likeness (QED) is 0.673. The molecular weight excluding hydrogens is 370 g/mol. The molecule has 1 aliphatic heterocycles. The number of guanidine groups is 1. The third-order valence-corrected chi connectivity index (χ3v) is 4.32. The average Bonchev–Trinajstić information content (AvgIpc) is 2.72. The van der Waals surface area contributed by atoms with Crippen molar-refractivity contribution in [2.75, 3.05) is 13.2 Å². The van der Waals surface area contributed by atoms with Crippen molar-refractivity contribution in [1.82, 2.24) is 10.6 Å². The molecule has 1 aliphatic rings. The zero-order chi connectivity index (χ0) is 20.5. The summed E-state index contributed by atoms with van der Waals surface area (Å²) in [6.45, 7) is 2.95. The van der Waals surface area contributed by atoms with E-state index in [1.165, 1.54) is 0 Å². The average molecular weight is 395 g/mol.